The van der Waals surface area contributed by atoms with Gasteiger partial charge in [0, 0.05) is 15.5 Å². The maximum Gasteiger partial charge on any atom is 0.416 e. The second-order valence-electron chi connectivity index (χ2n) is 5.84. The summed E-state index contributed by atoms with van der Waals surface area (Å²) in [5, 5.41) is 5.21. The van der Waals surface area contributed by atoms with Crippen LogP contribution in [0, 0.1) is 0 Å². The molecule has 0 saturated heterocycles. The quantitative estimate of drug-likeness (QED) is 0.763. The Morgan fingerprint density at radius 3 is 2.41 bits per heavy atom. The Morgan fingerprint density at radius 1 is 1.15 bits per heavy atom. The number of carbonyl (C=O) groups excluding carboxylic acids is 2. The lowest BCUT2D eigenvalue weighted by molar-refractivity contribution is -0.138. The second-order valence-corrected chi connectivity index (χ2v) is 6.95. The van der Waals surface area contributed by atoms with Crippen molar-refractivity contribution in [3.63, 3.8) is 0 Å². The molecule has 0 radical (unpaired) electrons. The maximum atomic E-state index is 12.7. The molecule has 1 aromatic carbocycles. The fraction of sp³-hybridized carbons (Fsp3) is 0.222. The minimum Gasteiger partial charge on any atom is -0.466 e. The highest BCUT2D eigenvalue weighted by Crippen LogP contribution is 2.37. The minimum atomic E-state index is -4.39. The SMILES string of the molecule is COC(=O)C1=C(C)NC(=O)N[C@@H]1c1ccc(-c2ccc(C(F)(F)F)cc2)s1. The molecule has 5 nitrogen and oxygen atoms in total. The zero-order valence-electron chi connectivity index (χ0n) is 14.3. The zero-order chi connectivity index (χ0) is 19.8. The molecular formula is C18H15F3N2O3S. The summed E-state index contributed by atoms with van der Waals surface area (Å²) in [5.41, 5.74) is 0.554. The molecule has 2 N–H and O–H groups in total. The Bertz CT molecular complexity index is 917. The third-order valence-corrected chi connectivity index (χ3v) is 5.28. The average Bonchev–Trinajstić information content (AvgIpc) is 3.10. The first-order chi connectivity index (χ1) is 12.7. The fourth-order valence-corrected chi connectivity index (χ4v) is 3.85. The number of rotatable bonds is 3. The number of esters is 1. The largest absolute Gasteiger partial charge is 0.466 e. The number of methoxy groups -OCH3 is 1. The number of urea groups is 1. The molecule has 0 aliphatic carbocycles. The van der Waals surface area contributed by atoms with Crippen molar-refractivity contribution in [2.24, 2.45) is 0 Å². The van der Waals surface area contributed by atoms with Gasteiger partial charge in [-0.2, -0.15) is 13.2 Å². The van der Waals surface area contributed by atoms with Crippen LogP contribution in [0.1, 0.15) is 23.4 Å². The van der Waals surface area contributed by atoms with Gasteiger partial charge in [-0.1, -0.05) is 12.1 Å². The lowest BCUT2D eigenvalue weighted by Gasteiger charge is -2.26. The Kier molecular flexibility index (Phi) is 4.97. The van der Waals surface area contributed by atoms with Crippen LogP contribution in [-0.2, 0) is 15.7 Å². The normalized spacial score (nSPS) is 17.4. The third-order valence-electron chi connectivity index (χ3n) is 4.08. The molecule has 2 heterocycles. The van der Waals surface area contributed by atoms with Gasteiger partial charge in [0.25, 0.3) is 0 Å². The molecule has 1 aromatic heterocycles. The van der Waals surface area contributed by atoms with Gasteiger partial charge in [0.15, 0.2) is 0 Å². The van der Waals surface area contributed by atoms with E-state index in [1.807, 2.05) is 0 Å². The van der Waals surface area contributed by atoms with E-state index in [2.05, 4.69) is 10.6 Å². The van der Waals surface area contributed by atoms with E-state index in [9.17, 15) is 22.8 Å². The molecule has 2 amide bonds. The molecule has 0 saturated carbocycles. The van der Waals surface area contributed by atoms with Crippen molar-refractivity contribution in [1.82, 2.24) is 10.6 Å². The van der Waals surface area contributed by atoms with Crippen LogP contribution in [0.15, 0.2) is 47.7 Å². The average molecular weight is 396 g/mol. The van der Waals surface area contributed by atoms with E-state index >= 15 is 0 Å². The van der Waals surface area contributed by atoms with Gasteiger partial charge in [0.05, 0.1) is 24.3 Å². The number of benzene rings is 1. The number of hydrogen-bond acceptors (Lipinski definition) is 4. The molecule has 0 fully saturated rings. The molecule has 2 aromatic rings. The number of nitrogens with one attached hydrogen (secondary N) is 2. The summed E-state index contributed by atoms with van der Waals surface area (Å²) >= 11 is 1.28. The van der Waals surface area contributed by atoms with Crippen molar-refractivity contribution in [2.75, 3.05) is 7.11 Å². The van der Waals surface area contributed by atoms with Crippen molar-refractivity contribution in [1.29, 1.82) is 0 Å². The Labute approximate surface area is 156 Å². The molecule has 1 atom stereocenters. The highest BCUT2D eigenvalue weighted by Gasteiger charge is 2.33. The van der Waals surface area contributed by atoms with E-state index in [4.69, 9.17) is 4.74 Å². The Morgan fingerprint density at radius 2 is 1.81 bits per heavy atom. The Hall–Kier alpha value is -2.81. The molecule has 0 unspecified atom stereocenters. The van der Waals surface area contributed by atoms with Gasteiger partial charge < -0.3 is 15.4 Å². The number of hydrogen-bond donors (Lipinski definition) is 2. The summed E-state index contributed by atoms with van der Waals surface area (Å²) in [6.07, 6.45) is -4.39. The number of ether oxygens (including phenoxy) is 1. The van der Waals surface area contributed by atoms with Crippen LogP contribution in [0.2, 0.25) is 0 Å². The van der Waals surface area contributed by atoms with Gasteiger partial charge in [-0.3, -0.25) is 0 Å². The summed E-state index contributed by atoms with van der Waals surface area (Å²) in [6.45, 7) is 1.60. The number of carbonyl (C=O) groups is 2. The minimum absolute atomic E-state index is 0.276. The van der Waals surface area contributed by atoms with E-state index in [0.717, 1.165) is 12.1 Å². The molecule has 3 rings (SSSR count). The number of alkyl halides is 3. The maximum absolute atomic E-state index is 12.7. The van der Waals surface area contributed by atoms with Crippen molar-refractivity contribution < 1.29 is 27.5 Å². The van der Waals surface area contributed by atoms with Crippen LogP contribution < -0.4 is 10.6 Å². The standard InChI is InChI=1S/C18H15F3N2O3S/c1-9-14(16(24)26-2)15(23-17(25)22-9)13-8-7-12(27-13)10-3-5-11(6-4-10)18(19,20)21/h3-8,15H,1-2H3,(H2,22,23,25)/t15-/m1/s1. The number of amides is 2. The molecule has 1 aliphatic heterocycles. The number of thiophene rings is 1. The topological polar surface area (TPSA) is 67.4 Å². The van der Waals surface area contributed by atoms with Gasteiger partial charge in [-0.25, -0.2) is 9.59 Å². The molecule has 9 heteroatoms. The highest BCUT2D eigenvalue weighted by molar-refractivity contribution is 7.15. The van der Waals surface area contributed by atoms with Crippen LogP contribution >= 0.6 is 11.3 Å². The van der Waals surface area contributed by atoms with Gasteiger partial charge in [0.2, 0.25) is 0 Å². The van der Waals surface area contributed by atoms with Crippen LogP contribution in [0.5, 0.6) is 0 Å². The smallest absolute Gasteiger partial charge is 0.416 e. The van der Waals surface area contributed by atoms with Gasteiger partial charge >= 0.3 is 18.2 Å². The van der Waals surface area contributed by atoms with Crippen molar-refractivity contribution >= 4 is 23.3 Å². The highest BCUT2D eigenvalue weighted by atomic mass is 32.1. The van der Waals surface area contributed by atoms with Crippen LogP contribution in [0.3, 0.4) is 0 Å². The first-order valence-electron chi connectivity index (χ1n) is 7.84. The van der Waals surface area contributed by atoms with Crippen LogP contribution in [-0.4, -0.2) is 19.1 Å². The molecule has 27 heavy (non-hydrogen) atoms. The molecule has 142 valence electrons. The first-order valence-corrected chi connectivity index (χ1v) is 8.66. The predicted molar refractivity (Wildman–Crippen MR) is 93.9 cm³/mol. The zero-order valence-corrected chi connectivity index (χ0v) is 15.1. The van der Waals surface area contributed by atoms with Gasteiger partial charge in [-0.05, 0) is 36.8 Å². The molecular weight excluding hydrogens is 381 g/mol. The number of halogens is 3. The number of allylic oxidation sites excluding steroid dienone is 1. The van der Waals surface area contributed by atoms with Crippen molar-refractivity contribution in [3.8, 4) is 10.4 Å². The molecule has 0 bridgehead atoms. The molecule has 1 aliphatic rings. The third kappa shape index (κ3) is 3.82. The van der Waals surface area contributed by atoms with E-state index < -0.39 is 29.8 Å². The summed E-state index contributed by atoms with van der Waals surface area (Å²) in [4.78, 5) is 25.3. The second kappa shape index (κ2) is 7.07. The van der Waals surface area contributed by atoms with Gasteiger partial charge in [-0.15, -0.1) is 11.3 Å². The lowest BCUT2D eigenvalue weighted by Crippen LogP contribution is -2.45. The van der Waals surface area contributed by atoms with Crippen LogP contribution in [0.25, 0.3) is 10.4 Å². The monoisotopic (exact) mass is 396 g/mol. The fourth-order valence-electron chi connectivity index (χ4n) is 2.77. The first kappa shape index (κ1) is 19.0. The van der Waals surface area contributed by atoms with Crippen molar-refractivity contribution in [2.45, 2.75) is 19.1 Å². The molecule has 0 spiro atoms. The van der Waals surface area contributed by atoms with E-state index in [0.29, 0.717) is 21.0 Å². The Balaban J connectivity index is 1.93. The summed E-state index contributed by atoms with van der Waals surface area (Å²) in [6, 6.07) is 7.14. The van der Waals surface area contributed by atoms with E-state index in [-0.39, 0.29) is 5.57 Å². The van der Waals surface area contributed by atoms with E-state index in [1.165, 1.54) is 30.6 Å². The summed E-state index contributed by atoms with van der Waals surface area (Å²) < 4.78 is 42.9. The summed E-state index contributed by atoms with van der Waals surface area (Å²) in [7, 11) is 1.25. The summed E-state index contributed by atoms with van der Waals surface area (Å²) in [5.74, 6) is -0.575. The van der Waals surface area contributed by atoms with Crippen molar-refractivity contribution in [3.05, 3.63) is 58.1 Å². The predicted octanol–water partition coefficient (Wildman–Crippen LogP) is 4.23. The van der Waals surface area contributed by atoms with E-state index in [1.54, 1.807) is 19.1 Å². The lowest BCUT2D eigenvalue weighted by atomic mass is 10.0. The van der Waals surface area contributed by atoms with Crippen LogP contribution in [0.4, 0.5) is 18.0 Å². The van der Waals surface area contributed by atoms with Gasteiger partial charge in [0.1, 0.15) is 0 Å².